The summed E-state index contributed by atoms with van der Waals surface area (Å²) in [6.45, 7) is 2.25. The van der Waals surface area contributed by atoms with Crippen molar-refractivity contribution in [2.75, 3.05) is 6.61 Å². The highest BCUT2D eigenvalue weighted by atomic mass is 32.1. The molecule has 0 spiro atoms. The Morgan fingerprint density at radius 2 is 1.74 bits per heavy atom. The number of ether oxygens (including phenoxy) is 1. The maximum Gasteiger partial charge on any atom is 0.407 e. The third-order valence-electron chi connectivity index (χ3n) is 5.95. The summed E-state index contributed by atoms with van der Waals surface area (Å²) in [5, 5.41) is 16.8. The maximum atomic E-state index is 12.4. The largest absolute Gasteiger partial charge is 0.481 e. The molecule has 2 aromatic carbocycles. The lowest BCUT2D eigenvalue weighted by molar-refractivity contribution is -0.137. The first-order valence-corrected chi connectivity index (χ1v) is 12.4. The second-order valence-corrected chi connectivity index (χ2v) is 9.30. The van der Waals surface area contributed by atoms with Crippen molar-refractivity contribution in [3.8, 4) is 11.1 Å². The smallest absolute Gasteiger partial charge is 0.407 e. The molecule has 4 rings (SSSR count). The molecule has 0 bridgehead atoms. The van der Waals surface area contributed by atoms with Crippen LogP contribution in [0.2, 0.25) is 0 Å². The number of carbonyl (C=O) groups is 3. The third kappa shape index (κ3) is 6.05. The van der Waals surface area contributed by atoms with Crippen LogP contribution in [-0.4, -0.2) is 40.7 Å². The van der Waals surface area contributed by atoms with Crippen molar-refractivity contribution in [1.82, 2.24) is 15.6 Å². The first kappa shape index (κ1) is 24.4. The molecule has 3 N–H and O–H groups in total. The number of aliphatic carboxylic acids is 1. The lowest BCUT2D eigenvalue weighted by Gasteiger charge is -2.14. The second kappa shape index (κ2) is 11.1. The van der Waals surface area contributed by atoms with E-state index in [-0.39, 0.29) is 37.8 Å². The topological polar surface area (TPSA) is 118 Å². The highest BCUT2D eigenvalue weighted by Crippen LogP contribution is 2.44. The number of hydrogen-bond acceptors (Lipinski definition) is 6. The number of rotatable bonds is 10. The van der Waals surface area contributed by atoms with Crippen LogP contribution in [0, 0.1) is 0 Å². The zero-order chi connectivity index (χ0) is 24.8. The van der Waals surface area contributed by atoms with Gasteiger partial charge in [0.05, 0.1) is 25.1 Å². The molecule has 3 aromatic rings. The SMILES string of the molecule is CCC(CC(=O)O)NC(=O)Cc1csc(CNC(=O)OCC2c3ccccc3-c3ccccc32)n1. The molecular formula is C26H27N3O5S. The Hall–Kier alpha value is -3.72. The fourth-order valence-corrected chi connectivity index (χ4v) is 4.99. The third-order valence-corrected chi connectivity index (χ3v) is 6.85. The van der Waals surface area contributed by atoms with Crippen LogP contribution in [0.5, 0.6) is 0 Å². The summed E-state index contributed by atoms with van der Waals surface area (Å²) in [7, 11) is 0. The number of hydrogen-bond donors (Lipinski definition) is 3. The summed E-state index contributed by atoms with van der Waals surface area (Å²) in [4.78, 5) is 39.8. The molecule has 0 saturated heterocycles. The first-order valence-electron chi connectivity index (χ1n) is 11.5. The van der Waals surface area contributed by atoms with Crippen LogP contribution in [0.15, 0.2) is 53.9 Å². The van der Waals surface area contributed by atoms with E-state index in [9.17, 15) is 14.4 Å². The Morgan fingerprint density at radius 3 is 2.37 bits per heavy atom. The monoisotopic (exact) mass is 493 g/mol. The summed E-state index contributed by atoms with van der Waals surface area (Å²) >= 11 is 1.34. The van der Waals surface area contributed by atoms with E-state index in [0.717, 1.165) is 11.1 Å². The van der Waals surface area contributed by atoms with E-state index in [0.29, 0.717) is 17.1 Å². The van der Waals surface area contributed by atoms with Gasteiger partial charge in [-0.15, -0.1) is 11.3 Å². The van der Waals surface area contributed by atoms with E-state index in [1.54, 1.807) is 5.38 Å². The lowest BCUT2D eigenvalue weighted by atomic mass is 9.98. The van der Waals surface area contributed by atoms with E-state index >= 15 is 0 Å². The number of fused-ring (bicyclic) bond motifs is 3. The van der Waals surface area contributed by atoms with Crippen LogP contribution < -0.4 is 10.6 Å². The van der Waals surface area contributed by atoms with Crippen molar-refractivity contribution in [1.29, 1.82) is 0 Å². The van der Waals surface area contributed by atoms with Crippen molar-refractivity contribution >= 4 is 29.3 Å². The average molecular weight is 494 g/mol. The Bertz CT molecular complexity index is 1180. The fourth-order valence-electron chi connectivity index (χ4n) is 4.26. The van der Waals surface area contributed by atoms with Crippen molar-refractivity contribution < 1.29 is 24.2 Å². The van der Waals surface area contributed by atoms with Crippen molar-refractivity contribution in [3.05, 3.63) is 75.7 Å². The van der Waals surface area contributed by atoms with Gasteiger partial charge in [-0.25, -0.2) is 9.78 Å². The molecule has 8 nitrogen and oxygen atoms in total. The molecule has 1 aromatic heterocycles. The van der Waals surface area contributed by atoms with Crippen LogP contribution in [0.25, 0.3) is 11.1 Å². The van der Waals surface area contributed by atoms with Gasteiger partial charge in [-0.1, -0.05) is 55.5 Å². The van der Waals surface area contributed by atoms with Gasteiger partial charge >= 0.3 is 12.1 Å². The number of alkyl carbamates (subject to hydrolysis) is 1. The van der Waals surface area contributed by atoms with E-state index < -0.39 is 18.1 Å². The minimum atomic E-state index is -0.951. The van der Waals surface area contributed by atoms with E-state index in [1.165, 1.54) is 22.5 Å². The maximum absolute atomic E-state index is 12.4. The summed E-state index contributed by atoms with van der Waals surface area (Å²) < 4.78 is 5.54. The van der Waals surface area contributed by atoms with Crippen molar-refractivity contribution in [2.45, 2.75) is 44.7 Å². The standard InChI is InChI=1S/C26H27N3O5S/c1-2-16(12-25(31)32)28-23(30)11-17-15-35-24(29-17)13-27-26(33)34-14-22-20-9-5-3-7-18(20)19-8-4-6-10-21(19)22/h3-10,15-16,22H,2,11-14H2,1H3,(H,27,33)(H,28,30)(H,31,32). The number of nitrogens with zero attached hydrogens (tertiary/aromatic N) is 1. The molecule has 0 saturated carbocycles. The Labute approximate surface area is 207 Å². The van der Waals surface area contributed by atoms with Crippen molar-refractivity contribution in [2.24, 2.45) is 0 Å². The van der Waals surface area contributed by atoms with Crippen LogP contribution in [0.1, 0.15) is 47.5 Å². The van der Waals surface area contributed by atoms with E-state index in [4.69, 9.17) is 9.84 Å². The number of nitrogens with one attached hydrogen (secondary N) is 2. The fraction of sp³-hybridized carbons (Fsp3) is 0.308. The van der Waals surface area contributed by atoms with Gasteiger partial charge in [-0.2, -0.15) is 0 Å². The molecule has 2 amide bonds. The van der Waals surface area contributed by atoms with Crippen LogP contribution in [-0.2, 0) is 27.3 Å². The normalized spacial score (nSPS) is 12.9. The highest BCUT2D eigenvalue weighted by molar-refractivity contribution is 7.09. The van der Waals surface area contributed by atoms with Gasteiger partial charge < -0.3 is 20.5 Å². The second-order valence-electron chi connectivity index (χ2n) is 8.36. The van der Waals surface area contributed by atoms with E-state index in [2.05, 4.69) is 39.9 Å². The van der Waals surface area contributed by atoms with Crippen LogP contribution in [0.3, 0.4) is 0 Å². The van der Waals surface area contributed by atoms with E-state index in [1.807, 2.05) is 31.2 Å². The van der Waals surface area contributed by atoms with Gasteiger partial charge in [-0.3, -0.25) is 9.59 Å². The van der Waals surface area contributed by atoms with Crippen molar-refractivity contribution in [3.63, 3.8) is 0 Å². The molecule has 1 unspecified atom stereocenters. The molecule has 182 valence electrons. The molecule has 35 heavy (non-hydrogen) atoms. The van der Waals surface area contributed by atoms with Gasteiger partial charge in [-0.05, 0) is 28.7 Å². The predicted octanol–water partition coefficient (Wildman–Crippen LogP) is 4.09. The predicted molar refractivity (Wildman–Crippen MR) is 132 cm³/mol. The Balaban J connectivity index is 1.26. The zero-order valence-corrected chi connectivity index (χ0v) is 20.1. The molecular weight excluding hydrogens is 466 g/mol. The molecule has 0 radical (unpaired) electrons. The van der Waals surface area contributed by atoms with Gasteiger partial charge in [0.2, 0.25) is 5.91 Å². The van der Waals surface area contributed by atoms with Crippen LogP contribution >= 0.6 is 11.3 Å². The summed E-state index contributed by atoms with van der Waals surface area (Å²) in [6, 6.07) is 15.9. The lowest BCUT2D eigenvalue weighted by Crippen LogP contribution is -2.37. The number of carboxylic acid groups (broad SMARTS) is 1. The number of thiazole rings is 1. The Kier molecular flexibility index (Phi) is 7.77. The molecule has 1 atom stereocenters. The van der Waals surface area contributed by atoms with Gasteiger partial charge in [0.1, 0.15) is 11.6 Å². The highest BCUT2D eigenvalue weighted by Gasteiger charge is 2.29. The summed E-state index contributed by atoms with van der Waals surface area (Å²) in [5.41, 5.74) is 5.22. The Morgan fingerprint density at radius 1 is 1.09 bits per heavy atom. The van der Waals surface area contributed by atoms with Gasteiger partial charge in [0.15, 0.2) is 0 Å². The molecule has 0 fully saturated rings. The first-order chi connectivity index (χ1) is 16.9. The zero-order valence-electron chi connectivity index (χ0n) is 19.3. The van der Waals surface area contributed by atoms with Crippen LogP contribution in [0.4, 0.5) is 4.79 Å². The minimum absolute atomic E-state index is 0.00815. The number of aromatic nitrogens is 1. The van der Waals surface area contributed by atoms with Gasteiger partial charge in [0, 0.05) is 17.3 Å². The minimum Gasteiger partial charge on any atom is -0.481 e. The summed E-state index contributed by atoms with van der Waals surface area (Å²) in [5.74, 6) is -1.24. The molecule has 1 aliphatic rings. The molecule has 1 heterocycles. The number of carboxylic acids is 1. The number of benzene rings is 2. The number of carbonyl (C=O) groups excluding carboxylic acids is 2. The van der Waals surface area contributed by atoms with Gasteiger partial charge in [0.25, 0.3) is 0 Å². The average Bonchev–Trinajstić information content (AvgIpc) is 3.42. The summed E-state index contributed by atoms with van der Waals surface area (Å²) in [6.07, 6.45) is -0.0582. The molecule has 1 aliphatic carbocycles. The number of amides is 2. The molecule has 9 heteroatoms. The molecule has 0 aliphatic heterocycles. The quantitative estimate of drug-likeness (QED) is 0.392.